The molecule has 2 aliphatic rings. The van der Waals surface area contributed by atoms with Crippen molar-refractivity contribution in [2.75, 3.05) is 6.61 Å². The minimum atomic E-state index is -1.79. The zero-order valence-electron chi connectivity index (χ0n) is 25.2. The van der Waals surface area contributed by atoms with Crippen molar-refractivity contribution in [2.24, 2.45) is 0 Å². The minimum absolute atomic E-state index is 0.354. The summed E-state index contributed by atoms with van der Waals surface area (Å²) in [6.07, 6.45) is -5.20. The number of ether oxygens (including phenoxy) is 6. The first-order valence-electron chi connectivity index (χ1n) is 13.3. The lowest BCUT2D eigenvalue weighted by molar-refractivity contribution is -0.321. The molecule has 0 N–H and O–H groups in total. The Labute approximate surface area is 240 Å². The van der Waals surface area contributed by atoms with Gasteiger partial charge in [-0.15, -0.1) is 0 Å². The molecule has 2 aliphatic heterocycles. The van der Waals surface area contributed by atoms with Gasteiger partial charge in [0, 0.05) is 27.7 Å². The van der Waals surface area contributed by atoms with E-state index in [1.807, 2.05) is 33.8 Å². The van der Waals surface area contributed by atoms with E-state index < -0.39 is 72.4 Å². The van der Waals surface area contributed by atoms with E-state index in [4.69, 9.17) is 37.7 Å². The molecule has 5 atom stereocenters. The maximum Gasteiger partial charge on any atom is 0.494 e. The molecule has 41 heavy (non-hydrogen) atoms. The van der Waals surface area contributed by atoms with Crippen LogP contribution in [0.15, 0.2) is 18.2 Å². The molecule has 0 saturated carbocycles. The minimum Gasteiger partial charge on any atom is -0.463 e. The van der Waals surface area contributed by atoms with Crippen molar-refractivity contribution >= 4 is 36.5 Å². The van der Waals surface area contributed by atoms with Gasteiger partial charge in [0.25, 0.3) is 0 Å². The average Bonchev–Trinajstić information content (AvgIpc) is 3.04. The van der Waals surface area contributed by atoms with Gasteiger partial charge in [-0.3, -0.25) is 19.2 Å². The molecule has 2 fully saturated rings. The average molecular weight is 578 g/mol. The summed E-state index contributed by atoms with van der Waals surface area (Å²) in [5.41, 5.74) is -1.40. The first kappa shape index (κ1) is 32.4. The molecule has 0 aliphatic carbocycles. The van der Waals surface area contributed by atoms with Crippen LogP contribution in [0.1, 0.15) is 67.9 Å². The molecule has 0 spiro atoms. The highest BCUT2D eigenvalue weighted by Gasteiger charge is 2.61. The van der Waals surface area contributed by atoms with Crippen molar-refractivity contribution in [3.63, 3.8) is 0 Å². The van der Waals surface area contributed by atoms with Gasteiger partial charge >= 0.3 is 31.0 Å². The monoisotopic (exact) mass is 578 g/mol. The van der Waals surface area contributed by atoms with E-state index in [1.165, 1.54) is 20.8 Å². The molecule has 0 radical (unpaired) electrons. The summed E-state index contributed by atoms with van der Waals surface area (Å²) < 4.78 is 46.5. The number of carbonyl (C=O) groups excluding carboxylic acids is 4. The summed E-state index contributed by atoms with van der Waals surface area (Å²) in [6.45, 7) is 15.4. The van der Waals surface area contributed by atoms with Crippen LogP contribution < -0.4 is 10.2 Å². The third-order valence-electron chi connectivity index (χ3n) is 7.36. The van der Waals surface area contributed by atoms with E-state index in [1.54, 1.807) is 19.1 Å². The Balaban J connectivity index is 2.00. The Morgan fingerprint density at radius 3 is 1.93 bits per heavy atom. The third kappa shape index (κ3) is 7.20. The summed E-state index contributed by atoms with van der Waals surface area (Å²) in [5.74, 6) is -2.44. The summed E-state index contributed by atoms with van der Waals surface area (Å²) in [6, 6.07) is 5.30. The predicted molar refractivity (Wildman–Crippen MR) is 144 cm³/mol. The molecule has 2 saturated heterocycles. The highest BCUT2D eigenvalue weighted by molar-refractivity contribution is 6.62. The van der Waals surface area contributed by atoms with Crippen molar-refractivity contribution in [3.05, 3.63) is 23.8 Å². The second-order valence-corrected chi connectivity index (χ2v) is 11.4. The van der Waals surface area contributed by atoms with Gasteiger partial charge in [0.05, 0.1) is 11.2 Å². The molecule has 2 heterocycles. The van der Waals surface area contributed by atoms with Gasteiger partial charge in [0.2, 0.25) is 11.9 Å². The zero-order chi connectivity index (χ0) is 30.9. The van der Waals surface area contributed by atoms with Crippen LogP contribution in [0.4, 0.5) is 0 Å². The van der Waals surface area contributed by atoms with Crippen LogP contribution in [-0.2, 0) is 52.2 Å². The van der Waals surface area contributed by atoms with Crippen molar-refractivity contribution in [3.8, 4) is 5.75 Å². The Morgan fingerprint density at radius 2 is 1.44 bits per heavy atom. The number of carbonyl (C=O) groups is 4. The number of benzene rings is 1. The number of hydrogen-bond donors (Lipinski definition) is 0. The Morgan fingerprint density at radius 1 is 0.854 bits per heavy atom. The topological polar surface area (TPSA) is 142 Å². The maximum absolute atomic E-state index is 12.3. The van der Waals surface area contributed by atoms with Crippen molar-refractivity contribution in [2.45, 2.75) is 111 Å². The lowest BCUT2D eigenvalue weighted by Gasteiger charge is -2.49. The van der Waals surface area contributed by atoms with Crippen LogP contribution in [-0.4, -0.2) is 79.0 Å². The predicted octanol–water partition coefficient (Wildman–Crippen LogP) is 2.15. The van der Waals surface area contributed by atoms with Gasteiger partial charge in [-0.25, -0.2) is 0 Å². The van der Waals surface area contributed by atoms with E-state index in [2.05, 4.69) is 0 Å². The van der Waals surface area contributed by atoms with E-state index in [-0.39, 0.29) is 6.61 Å². The fourth-order valence-corrected chi connectivity index (χ4v) is 4.66. The summed E-state index contributed by atoms with van der Waals surface area (Å²) in [7, 11) is -0.601. The van der Waals surface area contributed by atoms with Gasteiger partial charge in [-0.2, -0.15) is 0 Å². The van der Waals surface area contributed by atoms with Crippen LogP contribution in [0.5, 0.6) is 5.75 Å². The van der Waals surface area contributed by atoms with Gasteiger partial charge < -0.3 is 37.7 Å². The number of esters is 4. The molecule has 1 aromatic rings. The van der Waals surface area contributed by atoms with Crippen LogP contribution in [0, 0.1) is 6.92 Å². The SMILES string of the molecule is CC(=O)OCC1OC(Oc2ccc(B3OC(C)(C)C(C)(C)O3)cc2C)C(C)(OC(C)=O)C(OC(C)=O)C1OC(C)=O. The molecular weight excluding hydrogens is 539 g/mol. The number of rotatable bonds is 8. The quantitative estimate of drug-likeness (QED) is 0.253. The van der Waals surface area contributed by atoms with Crippen LogP contribution in [0.25, 0.3) is 0 Å². The van der Waals surface area contributed by atoms with Crippen LogP contribution in [0.3, 0.4) is 0 Å². The first-order chi connectivity index (χ1) is 18.9. The Hall–Kier alpha value is -3.16. The van der Waals surface area contributed by atoms with E-state index in [0.717, 1.165) is 19.3 Å². The smallest absolute Gasteiger partial charge is 0.463 e. The molecule has 0 bridgehead atoms. The molecule has 226 valence electrons. The van der Waals surface area contributed by atoms with E-state index >= 15 is 0 Å². The van der Waals surface area contributed by atoms with E-state index in [9.17, 15) is 19.2 Å². The molecular formula is C28H39BO12. The normalized spacial score (nSPS) is 28.4. The lowest BCUT2D eigenvalue weighted by Crippen LogP contribution is -2.70. The molecule has 12 nitrogen and oxygen atoms in total. The van der Waals surface area contributed by atoms with Crippen LogP contribution >= 0.6 is 0 Å². The lowest BCUT2D eigenvalue weighted by atomic mass is 9.78. The van der Waals surface area contributed by atoms with Crippen molar-refractivity contribution < 1.29 is 56.9 Å². The first-order valence-corrected chi connectivity index (χ1v) is 13.3. The third-order valence-corrected chi connectivity index (χ3v) is 7.36. The van der Waals surface area contributed by atoms with Gasteiger partial charge in [0.15, 0.2) is 12.2 Å². The number of aryl methyl sites for hydroxylation is 1. The maximum atomic E-state index is 12.3. The largest absolute Gasteiger partial charge is 0.494 e. The van der Waals surface area contributed by atoms with Gasteiger partial charge in [-0.1, -0.05) is 12.1 Å². The zero-order valence-corrected chi connectivity index (χ0v) is 25.2. The molecule has 5 unspecified atom stereocenters. The second-order valence-electron chi connectivity index (χ2n) is 11.4. The fraction of sp³-hybridized carbons (Fsp3) is 0.643. The van der Waals surface area contributed by atoms with Gasteiger partial charge in [0.1, 0.15) is 18.5 Å². The summed E-state index contributed by atoms with van der Waals surface area (Å²) in [5, 5.41) is 0. The van der Waals surface area contributed by atoms with Gasteiger partial charge in [-0.05, 0) is 58.6 Å². The fourth-order valence-electron chi connectivity index (χ4n) is 4.66. The molecule has 0 amide bonds. The highest BCUT2D eigenvalue weighted by atomic mass is 16.7. The highest BCUT2D eigenvalue weighted by Crippen LogP contribution is 2.40. The molecule has 3 rings (SSSR count). The second kappa shape index (κ2) is 12.0. The standard InChI is InChI=1S/C28H39BO12/c1-15-13-20(29-40-26(6,7)27(8,9)41-29)11-12-21(15)37-25-28(10,39-19(5)33)24(36-18(4)32)23(35-17(3)31)22(38-25)14-34-16(2)30/h11-13,22-25H,14H2,1-10H3. The Bertz CT molecular complexity index is 1160. The van der Waals surface area contributed by atoms with Crippen molar-refractivity contribution in [1.82, 2.24) is 0 Å². The molecule has 13 heteroatoms. The van der Waals surface area contributed by atoms with E-state index in [0.29, 0.717) is 11.3 Å². The number of hydrogen-bond acceptors (Lipinski definition) is 12. The molecule has 1 aromatic carbocycles. The summed E-state index contributed by atoms with van der Waals surface area (Å²) >= 11 is 0. The Kier molecular flexibility index (Phi) is 9.46. The van der Waals surface area contributed by atoms with Crippen molar-refractivity contribution in [1.29, 1.82) is 0 Å². The summed E-state index contributed by atoms with van der Waals surface area (Å²) in [4.78, 5) is 48.0. The van der Waals surface area contributed by atoms with Crippen LogP contribution in [0.2, 0.25) is 0 Å². The molecule has 0 aromatic heterocycles.